The Morgan fingerprint density at radius 2 is 1.78 bits per heavy atom. The van der Waals surface area contributed by atoms with E-state index in [9.17, 15) is 4.39 Å². The van der Waals surface area contributed by atoms with E-state index in [-0.39, 0.29) is 5.82 Å². The van der Waals surface area contributed by atoms with Gasteiger partial charge in [-0.15, -0.1) is 0 Å². The summed E-state index contributed by atoms with van der Waals surface area (Å²) in [6, 6.07) is 8.93. The van der Waals surface area contributed by atoms with Crippen LogP contribution in [0, 0.1) is 12.7 Å². The summed E-state index contributed by atoms with van der Waals surface area (Å²) in [5.74, 6) is 1.45. The first-order chi connectivity index (χ1) is 13.0. The molecule has 3 rings (SSSR count). The number of benzene rings is 1. The molecule has 0 spiro atoms. The van der Waals surface area contributed by atoms with Crippen molar-refractivity contribution >= 4 is 17.5 Å². The van der Waals surface area contributed by atoms with Crippen LogP contribution in [0.1, 0.15) is 12.1 Å². The molecule has 1 fully saturated rings. The van der Waals surface area contributed by atoms with Gasteiger partial charge in [0.25, 0.3) is 0 Å². The molecule has 0 aliphatic carbocycles. The van der Waals surface area contributed by atoms with Gasteiger partial charge < -0.3 is 20.0 Å². The van der Waals surface area contributed by atoms with Gasteiger partial charge in [0.05, 0.1) is 5.69 Å². The minimum atomic E-state index is -0.165. The van der Waals surface area contributed by atoms with Crippen LogP contribution >= 0.6 is 0 Å². The van der Waals surface area contributed by atoms with Gasteiger partial charge in [-0.3, -0.25) is 0 Å². The molecule has 7 heteroatoms. The van der Waals surface area contributed by atoms with Crippen molar-refractivity contribution in [2.75, 3.05) is 68.5 Å². The Hall–Kier alpha value is -2.41. The van der Waals surface area contributed by atoms with Crippen molar-refractivity contribution in [3.63, 3.8) is 0 Å². The fraction of sp³-hybridized carbons (Fsp3) is 0.500. The normalized spacial score (nSPS) is 14.7. The molecule has 1 aliphatic rings. The first-order valence-corrected chi connectivity index (χ1v) is 9.51. The van der Waals surface area contributed by atoms with E-state index >= 15 is 0 Å². The molecule has 2 heterocycles. The lowest BCUT2D eigenvalue weighted by Gasteiger charge is -2.36. The number of nitrogens with zero attached hydrogens (tertiary/aromatic N) is 5. The van der Waals surface area contributed by atoms with Crippen LogP contribution < -0.4 is 15.1 Å². The van der Waals surface area contributed by atoms with Crippen LogP contribution in [0.2, 0.25) is 0 Å². The summed E-state index contributed by atoms with van der Waals surface area (Å²) in [6.07, 6.45) is 1.06. The van der Waals surface area contributed by atoms with Crippen molar-refractivity contribution in [2.45, 2.75) is 13.3 Å². The summed E-state index contributed by atoms with van der Waals surface area (Å²) in [5.41, 5.74) is 1.62. The molecule has 1 aliphatic heterocycles. The maximum absolute atomic E-state index is 14.0. The number of rotatable bonds is 7. The third-order valence-electron chi connectivity index (χ3n) is 4.69. The number of aryl methyl sites for hydroxylation is 1. The summed E-state index contributed by atoms with van der Waals surface area (Å²) < 4.78 is 14.0. The number of hydrogen-bond donors (Lipinski definition) is 1. The lowest BCUT2D eigenvalue weighted by atomic mass is 10.2. The fourth-order valence-electron chi connectivity index (χ4n) is 3.25. The van der Waals surface area contributed by atoms with Crippen LogP contribution in [0.4, 0.5) is 21.8 Å². The van der Waals surface area contributed by atoms with E-state index in [1.807, 2.05) is 25.1 Å². The van der Waals surface area contributed by atoms with Crippen molar-refractivity contribution in [1.29, 1.82) is 0 Å². The zero-order valence-electron chi connectivity index (χ0n) is 16.5. The second-order valence-corrected chi connectivity index (χ2v) is 7.20. The average Bonchev–Trinajstić information content (AvgIpc) is 2.65. The standard InChI is InChI=1S/C20H29FN6/c1-16-15-19(22-9-6-10-25(2)3)24-20(23-16)27-13-11-26(12-14-27)18-8-5-4-7-17(18)21/h4-5,7-8,15H,6,9-14H2,1-3H3,(H,22,23,24). The van der Waals surface area contributed by atoms with E-state index in [0.717, 1.165) is 63.1 Å². The first-order valence-electron chi connectivity index (χ1n) is 9.51. The molecule has 0 atom stereocenters. The molecular formula is C20H29FN6. The molecule has 6 nitrogen and oxygen atoms in total. The van der Waals surface area contributed by atoms with Gasteiger partial charge in [-0.1, -0.05) is 12.1 Å². The van der Waals surface area contributed by atoms with Gasteiger partial charge in [0.1, 0.15) is 11.6 Å². The monoisotopic (exact) mass is 372 g/mol. The Bertz CT molecular complexity index is 743. The van der Waals surface area contributed by atoms with Gasteiger partial charge in [0.2, 0.25) is 5.95 Å². The second kappa shape index (κ2) is 8.99. The highest BCUT2D eigenvalue weighted by molar-refractivity contribution is 5.50. The number of piperazine rings is 1. The van der Waals surface area contributed by atoms with E-state index in [2.05, 4.69) is 44.1 Å². The highest BCUT2D eigenvalue weighted by Gasteiger charge is 2.21. The Kier molecular flexibility index (Phi) is 6.45. The highest BCUT2D eigenvalue weighted by Crippen LogP contribution is 2.22. The number of para-hydroxylation sites is 1. The molecule has 27 heavy (non-hydrogen) atoms. The Labute approximate surface area is 161 Å². The van der Waals surface area contributed by atoms with E-state index < -0.39 is 0 Å². The Morgan fingerprint density at radius 3 is 2.48 bits per heavy atom. The Balaban J connectivity index is 1.59. The van der Waals surface area contributed by atoms with E-state index in [4.69, 9.17) is 0 Å². The topological polar surface area (TPSA) is 47.5 Å². The number of halogens is 1. The third-order valence-corrected chi connectivity index (χ3v) is 4.69. The van der Waals surface area contributed by atoms with Crippen molar-refractivity contribution < 1.29 is 4.39 Å². The number of aromatic nitrogens is 2. The highest BCUT2D eigenvalue weighted by atomic mass is 19.1. The van der Waals surface area contributed by atoms with Gasteiger partial charge in [-0.2, -0.15) is 4.98 Å². The molecule has 1 aromatic heterocycles. The maximum Gasteiger partial charge on any atom is 0.227 e. The summed E-state index contributed by atoms with van der Waals surface area (Å²) in [6.45, 7) is 6.98. The summed E-state index contributed by atoms with van der Waals surface area (Å²) in [7, 11) is 4.15. The van der Waals surface area contributed by atoms with Crippen LogP contribution in [0.5, 0.6) is 0 Å². The molecule has 1 saturated heterocycles. The van der Waals surface area contributed by atoms with Crippen LogP contribution in [-0.2, 0) is 0 Å². The SMILES string of the molecule is Cc1cc(NCCCN(C)C)nc(N2CCN(c3ccccc3F)CC2)n1. The van der Waals surface area contributed by atoms with Gasteiger partial charge in [0, 0.05) is 44.5 Å². The average molecular weight is 372 g/mol. The lowest BCUT2D eigenvalue weighted by Crippen LogP contribution is -2.47. The molecule has 1 N–H and O–H groups in total. The zero-order valence-corrected chi connectivity index (χ0v) is 16.5. The van der Waals surface area contributed by atoms with Crippen molar-refractivity contribution in [1.82, 2.24) is 14.9 Å². The molecule has 1 aromatic carbocycles. The molecule has 146 valence electrons. The molecule has 2 aromatic rings. The van der Waals surface area contributed by atoms with E-state index in [1.54, 1.807) is 6.07 Å². The van der Waals surface area contributed by atoms with Crippen LogP contribution in [0.25, 0.3) is 0 Å². The van der Waals surface area contributed by atoms with Crippen LogP contribution in [0.15, 0.2) is 30.3 Å². The smallest absolute Gasteiger partial charge is 0.227 e. The predicted molar refractivity (Wildman–Crippen MR) is 109 cm³/mol. The Morgan fingerprint density at radius 1 is 1.07 bits per heavy atom. The first kappa shape index (κ1) is 19.4. The lowest BCUT2D eigenvalue weighted by molar-refractivity contribution is 0.405. The summed E-state index contributed by atoms with van der Waals surface area (Å²) >= 11 is 0. The van der Waals surface area contributed by atoms with Crippen molar-refractivity contribution in [2.24, 2.45) is 0 Å². The maximum atomic E-state index is 14.0. The molecule has 0 unspecified atom stereocenters. The van der Waals surface area contributed by atoms with Gasteiger partial charge >= 0.3 is 0 Å². The second-order valence-electron chi connectivity index (χ2n) is 7.20. The van der Waals surface area contributed by atoms with Crippen molar-refractivity contribution in [3.05, 3.63) is 41.8 Å². The zero-order chi connectivity index (χ0) is 19.2. The van der Waals surface area contributed by atoms with Crippen molar-refractivity contribution in [3.8, 4) is 0 Å². The van der Waals surface area contributed by atoms with Gasteiger partial charge in [-0.05, 0) is 46.1 Å². The van der Waals surface area contributed by atoms with E-state index in [0.29, 0.717) is 5.69 Å². The largest absolute Gasteiger partial charge is 0.370 e. The van der Waals surface area contributed by atoms with Crippen LogP contribution in [-0.4, -0.2) is 68.2 Å². The number of nitrogens with one attached hydrogen (secondary N) is 1. The number of anilines is 3. The molecule has 0 amide bonds. The fourth-order valence-corrected chi connectivity index (χ4v) is 3.25. The third kappa shape index (κ3) is 5.29. The molecule has 0 bridgehead atoms. The summed E-state index contributed by atoms with van der Waals surface area (Å²) in [5, 5.41) is 3.40. The van der Waals surface area contributed by atoms with E-state index in [1.165, 1.54) is 6.07 Å². The molecule has 0 saturated carbocycles. The predicted octanol–water partition coefficient (Wildman–Crippen LogP) is 2.61. The van der Waals surface area contributed by atoms with Gasteiger partial charge in [-0.25, -0.2) is 9.37 Å². The quantitative estimate of drug-likeness (QED) is 0.754. The minimum Gasteiger partial charge on any atom is -0.370 e. The number of hydrogen-bond acceptors (Lipinski definition) is 6. The van der Waals surface area contributed by atoms with Gasteiger partial charge in [0.15, 0.2) is 0 Å². The molecular weight excluding hydrogens is 343 g/mol. The summed E-state index contributed by atoms with van der Waals surface area (Å²) in [4.78, 5) is 15.7. The van der Waals surface area contributed by atoms with Crippen LogP contribution in [0.3, 0.4) is 0 Å². The minimum absolute atomic E-state index is 0.165. The molecule has 0 radical (unpaired) electrons.